The maximum atomic E-state index is 13.1. The summed E-state index contributed by atoms with van der Waals surface area (Å²) in [6.45, 7) is 4.24. The second kappa shape index (κ2) is 9.35. The number of likely N-dealkylation sites (tertiary alicyclic amines) is 1. The molecule has 0 spiro atoms. The first-order valence-electron chi connectivity index (χ1n) is 10.8. The fourth-order valence-electron chi connectivity index (χ4n) is 4.23. The standard InChI is InChI=1S/C22H29ClN4O3/c23-18-5-3-16(4-6-18)21(29)27-9-1-2-17(14-27)22(30)26-12-10-25(11-13-26)15-20(28)24-19-7-8-19/h3-6,17,19H,1-2,7-15H2,(H,24,28)/t17-/m1/s1. The Balaban J connectivity index is 1.26. The third-order valence-corrected chi connectivity index (χ3v) is 6.39. The normalized spacial score (nSPS) is 22.6. The zero-order valence-corrected chi connectivity index (χ0v) is 17.9. The number of carbonyl (C=O) groups is 3. The first-order chi connectivity index (χ1) is 14.5. The topological polar surface area (TPSA) is 73.0 Å². The van der Waals surface area contributed by atoms with Gasteiger partial charge in [0.1, 0.15) is 0 Å². The molecular weight excluding hydrogens is 404 g/mol. The van der Waals surface area contributed by atoms with Crippen LogP contribution in [0, 0.1) is 5.92 Å². The molecule has 3 aliphatic rings. The van der Waals surface area contributed by atoms with Crippen LogP contribution < -0.4 is 5.32 Å². The number of carbonyl (C=O) groups excluding carboxylic acids is 3. The number of nitrogens with one attached hydrogen (secondary N) is 1. The molecule has 4 rings (SSSR count). The van der Waals surface area contributed by atoms with Gasteiger partial charge in [-0.15, -0.1) is 0 Å². The van der Waals surface area contributed by atoms with Gasteiger partial charge in [-0.1, -0.05) is 11.6 Å². The molecule has 7 nitrogen and oxygen atoms in total. The third-order valence-electron chi connectivity index (χ3n) is 6.14. The van der Waals surface area contributed by atoms with E-state index >= 15 is 0 Å². The lowest BCUT2D eigenvalue weighted by Crippen LogP contribution is -2.54. The van der Waals surface area contributed by atoms with Crippen LogP contribution in [0.3, 0.4) is 0 Å². The maximum absolute atomic E-state index is 13.1. The Morgan fingerprint density at radius 3 is 2.30 bits per heavy atom. The van der Waals surface area contributed by atoms with E-state index in [1.54, 1.807) is 29.2 Å². The Morgan fingerprint density at radius 1 is 0.933 bits per heavy atom. The monoisotopic (exact) mass is 432 g/mol. The van der Waals surface area contributed by atoms with E-state index in [0.717, 1.165) is 25.7 Å². The van der Waals surface area contributed by atoms with Crippen LogP contribution in [0.15, 0.2) is 24.3 Å². The summed E-state index contributed by atoms with van der Waals surface area (Å²) >= 11 is 5.92. The minimum Gasteiger partial charge on any atom is -0.352 e. The average Bonchev–Trinajstić information content (AvgIpc) is 3.58. The molecule has 8 heteroatoms. The Kier molecular flexibility index (Phi) is 6.58. The van der Waals surface area contributed by atoms with Gasteiger partial charge in [-0.25, -0.2) is 0 Å². The average molecular weight is 433 g/mol. The number of benzene rings is 1. The molecule has 0 unspecified atom stereocenters. The van der Waals surface area contributed by atoms with Crippen molar-refractivity contribution >= 4 is 29.3 Å². The Morgan fingerprint density at radius 2 is 1.63 bits per heavy atom. The Labute approximate surface area is 182 Å². The van der Waals surface area contributed by atoms with E-state index in [4.69, 9.17) is 11.6 Å². The molecule has 1 N–H and O–H groups in total. The molecule has 3 fully saturated rings. The minimum atomic E-state index is -0.153. The van der Waals surface area contributed by atoms with Crippen molar-refractivity contribution in [2.75, 3.05) is 45.8 Å². The van der Waals surface area contributed by atoms with Crippen molar-refractivity contribution in [2.45, 2.75) is 31.7 Å². The van der Waals surface area contributed by atoms with Gasteiger partial charge in [-0.2, -0.15) is 0 Å². The molecule has 3 amide bonds. The Hall–Kier alpha value is -2.12. The molecule has 1 aliphatic carbocycles. The molecule has 1 aromatic rings. The van der Waals surface area contributed by atoms with Gasteiger partial charge in [0, 0.05) is 55.9 Å². The van der Waals surface area contributed by atoms with Crippen LogP contribution in [0.4, 0.5) is 0 Å². The lowest BCUT2D eigenvalue weighted by atomic mass is 9.95. The predicted octanol–water partition coefficient (Wildman–Crippen LogP) is 1.62. The fourth-order valence-corrected chi connectivity index (χ4v) is 4.35. The van der Waals surface area contributed by atoms with Gasteiger partial charge in [0.05, 0.1) is 12.5 Å². The van der Waals surface area contributed by atoms with Crippen molar-refractivity contribution < 1.29 is 14.4 Å². The van der Waals surface area contributed by atoms with Crippen molar-refractivity contribution in [1.29, 1.82) is 0 Å². The van der Waals surface area contributed by atoms with Crippen molar-refractivity contribution in [3.05, 3.63) is 34.9 Å². The van der Waals surface area contributed by atoms with E-state index in [1.165, 1.54) is 0 Å². The van der Waals surface area contributed by atoms with Crippen LogP contribution in [0.2, 0.25) is 5.02 Å². The summed E-state index contributed by atoms with van der Waals surface area (Å²) < 4.78 is 0. The maximum Gasteiger partial charge on any atom is 0.253 e. The summed E-state index contributed by atoms with van der Waals surface area (Å²) in [5, 5.41) is 3.61. The van der Waals surface area contributed by atoms with Gasteiger partial charge in [-0.3, -0.25) is 19.3 Å². The number of piperidine rings is 1. The highest BCUT2D eigenvalue weighted by atomic mass is 35.5. The molecular formula is C22H29ClN4O3. The van der Waals surface area contributed by atoms with Crippen LogP contribution >= 0.6 is 11.6 Å². The summed E-state index contributed by atoms with van der Waals surface area (Å²) in [6.07, 6.45) is 3.82. The summed E-state index contributed by atoms with van der Waals surface area (Å²) in [5.41, 5.74) is 0.602. The lowest BCUT2D eigenvalue weighted by molar-refractivity contribution is -0.138. The van der Waals surface area contributed by atoms with E-state index in [0.29, 0.717) is 62.4 Å². The van der Waals surface area contributed by atoms with Crippen molar-refractivity contribution in [3.63, 3.8) is 0 Å². The zero-order chi connectivity index (χ0) is 21.1. The van der Waals surface area contributed by atoms with Crippen LogP contribution in [-0.2, 0) is 9.59 Å². The van der Waals surface area contributed by atoms with E-state index in [2.05, 4.69) is 10.2 Å². The number of hydrogen-bond donors (Lipinski definition) is 1. The second-order valence-corrected chi connectivity index (χ2v) is 8.98. The minimum absolute atomic E-state index is 0.0457. The Bertz CT molecular complexity index is 788. The number of amides is 3. The van der Waals surface area contributed by atoms with E-state index in [1.807, 2.05) is 4.90 Å². The largest absolute Gasteiger partial charge is 0.352 e. The van der Waals surface area contributed by atoms with Crippen molar-refractivity contribution in [3.8, 4) is 0 Å². The molecule has 0 radical (unpaired) electrons. The highest BCUT2D eigenvalue weighted by Gasteiger charge is 2.33. The summed E-state index contributed by atoms with van der Waals surface area (Å²) in [6, 6.07) is 7.27. The number of nitrogens with zero attached hydrogens (tertiary/aromatic N) is 3. The van der Waals surface area contributed by atoms with Gasteiger partial charge >= 0.3 is 0 Å². The summed E-state index contributed by atoms with van der Waals surface area (Å²) in [5.74, 6) is 0.0157. The lowest BCUT2D eigenvalue weighted by Gasteiger charge is -2.38. The number of halogens is 1. The molecule has 30 heavy (non-hydrogen) atoms. The van der Waals surface area contributed by atoms with Crippen molar-refractivity contribution in [2.24, 2.45) is 5.92 Å². The summed E-state index contributed by atoms with van der Waals surface area (Å²) in [4.78, 5) is 43.6. The van der Waals surface area contributed by atoms with Crippen molar-refractivity contribution in [1.82, 2.24) is 20.0 Å². The van der Waals surface area contributed by atoms with Gasteiger partial charge in [-0.05, 0) is 49.9 Å². The van der Waals surface area contributed by atoms with Gasteiger partial charge in [0.25, 0.3) is 5.91 Å². The molecule has 1 aromatic carbocycles. The first kappa shape index (κ1) is 21.1. The third kappa shape index (κ3) is 5.32. The van der Waals surface area contributed by atoms with Gasteiger partial charge in [0.15, 0.2) is 0 Å². The first-order valence-corrected chi connectivity index (χ1v) is 11.2. The van der Waals surface area contributed by atoms with Crippen LogP contribution in [-0.4, -0.2) is 84.3 Å². The molecule has 0 bridgehead atoms. The molecule has 1 atom stereocenters. The van der Waals surface area contributed by atoms with Gasteiger partial charge < -0.3 is 15.1 Å². The van der Waals surface area contributed by atoms with Crippen LogP contribution in [0.1, 0.15) is 36.0 Å². The smallest absolute Gasteiger partial charge is 0.253 e. The van der Waals surface area contributed by atoms with Crippen LogP contribution in [0.5, 0.6) is 0 Å². The number of rotatable bonds is 5. The quantitative estimate of drug-likeness (QED) is 0.767. The SMILES string of the molecule is O=C(CN1CCN(C(=O)[C@@H]2CCCN(C(=O)c3ccc(Cl)cc3)C2)CC1)NC1CC1. The number of hydrogen-bond acceptors (Lipinski definition) is 4. The van der Waals surface area contributed by atoms with E-state index in [-0.39, 0.29) is 23.6 Å². The fraction of sp³-hybridized carbons (Fsp3) is 0.591. The zero-order valence-electron chi connectivity index (χ0n) is 17.2. The van der Waals surface area contributed by atoms with Gasteiger partial charge in [0.2, 0.25) is 11.8 Å². The number of piperazine rings is 1. The second-order valence-electron chi connectivity index (χ2n) is 8.54. The molecule has 2 saturated heterocycles. The molecule has 0 aromatic heterocycles. The highest BCUT2D eigenvalue weighted by Crippen LogP contribution is 2.22. The predicted molar refractivity (Wildman–Crippen MR) is 114 cm³/mol. The molecule has 1 saturated carbocycles. The van der Waals surface area contributed by atoms with E-state index in [9.17, 15) is 14.4 Å². The summed E-state index contributed by atoms with van der Waals surface area (Å²) in [7, 11) is 0. The van der Waals surface area contributed by atoms with Crippen LogP contribution in [0.25, 0.3) is 0 Å². The molecule has 2 heterocycles. The molecule has 2 aliphatic heterocycles. The highest BCUT2D eigenvalue weighted by molar-refractivity contribution is 6.30. The molecule has 162 valence electrons. The van der Waals surface area contributed by atoms with E-state index < -0.39 is 0 Å².